The molecule has 1 aliphatic heterocycles. The summed E-state index contributed by atoms with van der Waals surface area (Å²) in [7, 11) is 0. The first-order chi connectivity index (χ1) is 6.79. The molecule has 0 amide bonds. The van der Waals surface area contributed by atoms with Gasteiger partial charge in [-0.2, -0.15) is 0 Å². The summed E-state index contributed by atoms with van der Waals surface area (Å²) in [6.07, 6.45) is 0.936. The molecule has 14 heavy (non-hydrogen) atoms. The zero-order chi connectivity index (χ0) is 9.97. The van der Waals surface area contributed by atoms with E-state index in [0.717, 1.165) is 22.3 Å². The van der Waals surface area contributed by atoms with Crippen molar-refractivity contribution in [1.82, 2.24) is 0 Å². The SMILES string of the molecule is NCCC1COc2ccc(Br)cc2N1. The van der Waals surface area contributed by atoms with Crippen LogP contribution in [0.3, 0.4) is 0 Å². The van der Waals surface area contributed by atoms with Crippen molar-refractivity contribution in [1.29, 1.82) is 0 Å². The van der Waals surface area contributed by atoms with E-state index in [1.165, 1.54) is 0 Å². The van der Waals surface area contributed by atoms with Crippen LogP contribution in [0.15, 0.2) is 22.7 Å². The molecule has 1 aromatic carbocycles. The molecule has 1 unspecified atom stereocenters. The summed E-state index contributed by atoms with van der Waals surface area (Å²) in [6, 6.07) is 6.30. The second-order valence-electron chi connectivity index (χ2n) is 3.37. The predicted octanol–water partition coefficient (Wildman–Crippen LogP) is 1.97. The quantitative estimate of drug-likeness (QED) is 0.851. The Hall–Kier alpha value is -0.740. The molecule has 1 aromatic rings. The first-order valence-electron chi connectivity index (χ1n) is 4.68. The lowest BCUT2D eigenvalue weighted by Gasteiger charge is -2.27. The van der Waals surface area contributed by atoms with Crippen molar-refractivity contribution in [2.24, 2.45) is 5.73 Å². The highest BCUT2D eigenvalue weighted by molar-refractivity contribution is 9.10. The van der Waals surface area contributed by atoms with Crippen LogP contribution in [-0.4, -0.2) is 19.2 Å². The van der Waals surface area contributed by atoms with Crippen molar-refractivity contribution in [3.8, 4) is 5.75 Å². The Morgan fingerprint density at radius 2 is 2.43 bits per heavy atom. The highest BCUT2D eigenvalue weighted by Crippen LogP contribution is 2.31. The van der Waals surface area contributed by atoms with Gasteiger partial charge in [0, 0.05) is 4.47 Å². The van der Waals surface area contributed by atoms with Crippen molar-refractivity contribution >= 4 is 21.6 Å². The van der Waals surface area contributed by atoms with Crippen molar-refractivity contribution in [3.05, 3.63) is 22.7 Å². The number of fused-ring (bicyclic) bond motifs is 1. The third kappa shape index (κ3) is 2.01. The van der Waals surface area contributed by atoms with Gasteiger partial charge in [-0.1, -0.05) is 15.9 Å². The minimum atomic E-state index is 0.335. The molecule has 4 heteroatoms. The monoisotopic (exact) mass is 256 g/mol. The maximum Gasteiger partial charge on any atom is 0.142 e. The number of anilines is 1. The first-order valence-corrected chi connectivity index (χ1v) is 5.48. The number of nitrogens with one attached hydrogen (secondary N) is 1. The summed E-state index contributed by atoms with van der Waals surface area (Å²) in [5, 5.41) is 3.40. The van der Waals surface area contributed by atoms with Gasteiger partial charge in [0.05, 0.1) is 11.7 Å². The number of hydrogen-bond acceptors (Lipinski definition) is 3. The summed E-state index contributed by atoms with van der Waals surface area (Å²) in [6.45, 7) is 1.39. The van der Waals surface area contributed by atoms with Crippen molar-refractivity contribution < 1.29 is 4.74 Å². The van der Waals surface area contributed by atoms with Crippen LogP contribution in [0.2, 0.25) is 0 Å². The Morgan fingerprint density at radius 3 is 3.21 bits per heavy atom. The van der Waals surface area contributed by atoms with Crippen molar-refractivity contribution in [2.75, 3.05) is 18.5 Å². The van der Waals surface area contributed by atoms with Gasteiger partial charge in [0.15, 0.2) is 0 Å². The van der Waals surface area contributed by atoms with E-state index in [1.807, 2.05) is 18.2 Å². The lowest BCUT2D eigenvalue weighted by atomic mass is 10.1. The topological polar surface area (TPSA) is 47.3 Å². The summed E-state index contributed by atoms with van der Waals surface area (Å²) in [5.74, 6) is 0.918. The zero-order valence-corrected chi connectivity index (χ0v) is 9.38. The molecule has 0 saturated heterocycles. The summed E-state index contributed by atoms with van der Waals surface area (Å²) < 4.78 is 6.66. The fourth-order valence-electron chi connectivity index (χ4n) is 1.55. The highest BCUT2D eigenvalue weighted by Gasteiger charge is 2.17. The Bertz CT molecular complexity index is 330. The number of nitrogens with two attached hydrogens (primary N) is 1. The summed E-state index contributed by atoms with van der Waals surface area (Å²) in [5.41, 5.74) is 6.55. The molecular formula is C10H13BrN2O. The molecule has 1 heterocycles. The highest BCUT2D eigenvalue weighted by atomic mass is 79.9. The summed E-state index contributed by atoms with van der Waals surface area (Å²) >= 11 is 3.43. The van der Waals surface area contributed by atoms with E-state index in [2.05, 4.69) is 21.2 Å². The Balaban J connectivity index is 2.16. The molecule has 0 aromatic heterocycles. The number of benzene rings is 1. The maximum absolute atomic E-state index is 5.60. The molecule has 0 aliphatic carbocycles. The van der Waals surface area contributed by atoms with Gasteiger partial charge in [-0.25, -0.2) is 0 Å². The number of halogens is 1. The van der Waals surface area contributed by atoms with Crippen molar-refractivity contribution in [2.45, 2.75) is 12.5 Å². The van der Waals surface area contributed by atoms with E-state index >= 15 is 0 Å². The molecule has 3 N–H and O–H groups in total. The van der Waals surface area contributed by atoms with Gasteiger partial charge < -0.3 is 15.8 Å². The Kier molecular flexibility index (Phi) is 2.93. The molecule has 0 saturated carbocycles. The third-order valence-corrected chi connectivity index (χ3v) is 2.75. The first kappa shape index (κ1) is 9.80. The standard InChI is InChI=1S/C10H13BrN2O/c11-7-1-2-10-9(5-7)13-8(3-4-12)6-14-10/h1-2,5,8,13H,3-4,6,12H2. The van der Waals surface area contributed by atoms with Crippen LogP contribution >= 0.6 is 15.9 Å². The largest absolute Gasteiger partial charge is 0.489 e. The van der Waals surface area contributed by atoms with E-state index in [0.29, 0.717) is 19.2 Å². The van der Waals surface area contributed by atoms with Gasteiger partial charge in [-0.15, -0.1) is 0 Å². The van der Waals surface area contributed by atoms with Crippen LogP contribution < -0.4 is 15.8 Å². The molecule has 0 spiro atoms. The van der Waals surface area contributed by atoms with E-state index < -0.39 is 0 Å². The fraction of sp³-hybridized carbons (Fsp3) is 0.400. The van der Waals surface area contributed by atoms with Crippen LogP contribution in [0.4, 0.5) is 5.69 Å². The molecule has 1 aliphatic rings. The van der Waals surface area contributed by atoms with Crippen LogP contribution in [0.1, 0.15) is 6.42 Å². The molecule has 1 atom stereocenters. The number of rotatable bonds is 2. The van der Waals surface area contributed by atoms with E-state index in [9.17, 15) is 0 Å². The average molecular weight is 257 g/mol. The second-order valence-corrected chi connectivity index (χ2v) is 4.29. The molecule has 0 radical (unpaired) electrons. The Labute approximate surface area is 91.8 Å². The maximum atomic E-state index is 5.60. The van der Waals surface area contributed by atoms with E-state index in [4.69, 9.17) is 10.5 Å². The van der Waals surface area contributed by atoms with Gasteiger partial charge in [-0.05, 0) is 31.2 Å². The molecule has 3 nitrogen and oxygen atoms in total. The van der Waals surface area contributed by atoms with E-state index in [1.54, 1.807) is 0 Å². The Morgan fingerprint density at radius 1 is 1.57 bits per heavy atom. The molecule has 0 bridgehead atoms. The van der Waals surface area contributed by atoms with Crippen LogP contribution in [0, 0.1) is 0 Å². The van der Waals surface area contributed by atoms with Crippen LogP contribution in [0.5, 0.6) is 5.75 Å². The second kappa shape index (κ2) is 4.19. The van der Waals surface area contributed by atoms with Crippen LogP contribution in [-0.2, 0) is 0 Å². The van der Waals surface area contributed by atoms with E-state index in [-0.39, 0.29) is 0 Å². The minimum absolute atomic E-state index is 0.335. The third-order valence-electron chi connectivity index (χ3n) is 2.26. The molecule has 0 fully saturated rings. The minimum Gasteiger partial charge on any atom is -0.489 e. The number of hydrogen-bond donors (Lipinski definition) is 2. The van der Waals surface area contributed by atoms with Crippen molar-refractivity contribution in [3.63, 3.8) is 0 Å². The summed E-state index contributed by atoms with van der Waals surface area (Å²) in [4.78, 5) is 0. The van der Waals surface area contributed by atoms with Gasteiger partial charge in [0.2, 0.25) is 0 Å². The molecule has 76 valence electrons. The van der Waals surface area contributed by atoms with Gasteiger partial charge >= 0.3 is 0 Å². The lowest BCUT2D eigenvalue weighted by molar-refractivity contribution is 0.279. The smallest absolute Gasteiger partial charge is 0.142 e. The predicted molar refractivity (Wildman–Crippen MR) is 60.7 cm³/mol. The average Bonchev–Trinajstić information content (AvgIpc) is 2.17. The fourth-order valence-corrected chi connectivity index (χ4v) is 1.91. The molecule has 2 rings (SSSR count). The van der Waals surface area contributed by atoms with Crippen LogP contribution in [0.25, 0.3) is 0 Å². The zero-order valence-electron chi connectivity index (χ0n) is 7.79. The lowest BCUT2D eigenvalue weighted by Crippen LogP contribution is -2.33. The molecular weight excluding hydrogens is 244 g/mol. The normalized spacial score (nSPS) is 19.4. The number of ether oxygens (including phenoxy) is 1. The van der Waals surface area contributed by atoms with Gasteiger partial charge in [0.25, 0.3) is 0 Å². The van der Waals surface area contributed by atoms with Gasteiger partial charge in [-0.3, -0.25) is 0 Å². The van der Waals surface area contributed by atoms with Gasteiger partial charge in [0.1, 0.15) is 12.4 Å².